The Bertz CT molecular complexity index is 1090. The highest BCUT2D eigenvalue weighted by Gasteiger charge is 2.30. The molecule has 6 heteroatoms. The first-order valence-corrected chi connectivity index (χ1v) is 11.7. The number of nitrogens with zero attached hydrogens (tertiary/aromatic N) is 3. The number of anilines is 1. The molecule has 1 N–H and O–H groups in total. The van der Waals surface area contributed by atoms with Crippen molar-refractivity contribution in [2.24, 2.45) is 5.92 Å². The van der Waals surface area contributed by atoms with E-state index in [1.54, 1.807) is 0 Å². The van der Waals surface area contributed by atoms with E-state index in [2.05, 4.69) is 53.8 Å². The molecule has 0 bridgehead atoms. The number of aryl methyl sites for hydroxylation is 2. The molecule has 2 aromatic rings. The number of aromatic nitrogens is 1. The van der Waals surface area contributed by atoms with Gasteiger partial charge in [0.05, 0.1) is 0 Å². The number of carbonyl (C=O) groups excluding carboxylic acids is 1. The van der Waals surface area contributed by atoms with Gasteiger partial charge in [-0.1, -0.05) is 32.1 Å². The molecule has 1 aromatic heterocycles. The van der Waals surface area contributed by atoms with Gasteiger partial charge >= 0.3 is 5.97 Å². The highest BCUT2D eigenvalue weighted by Crippen LogP contribution is 2.28. The van der Waals surface area contributed by atoms with Crippen molar-refractivity contribution in [1.29, 1.82) is 0 Å². The summed E-state index contributed by atoms with van der Waals surface area (Å²) >= 11 is 0. The second kappa shape index (κ2) is 9.48. The van der Waals surface area contributed by atoms with Gasteiger partial charge in [0.15, 0.2) is 5.78 Å². The summed E-state index contributed by atoms with van der Waals surface area (Å²) in [4.78, 5) is 33.8. The molecule has 0 radical (unpaired) electrons. The third kappa shape index (κ3) is 5.01. The average molecular weight is 448 g/mol. The molecule has 1 atom stereocenters. The molecular formula is C27H33N3O3. The number of ketones is 1. The molecule has 0 spiro atoms. The fraction of sp³-hybridized carbons (Fsp3) is 0.444. The topological polar surface area (TPSA) is 73.7 Å². The first-order valence-electron chi connectivity index (χ1n) is 11.7. The Balaban J connectivity index is 1.53. The monoisotopic (exact) mass is 447 g/mol. The molecule has 0 saturated carbocycles. The van der Waals surface area contributed by atoms with Crippen LogP contribution in [0.5, 0.6) is 0 Å². The van der Waals surface area contributed by atoms with Gasteiger partial charge in [-0.15, -0.1) is 0 Å². The zero-order valence-corrected chi connectivity index (χ0v) is 20.0. The molecule has 1 fully saturated rings. The summed E-state index contributed by atoms with van der Waals surface area (Å²) in [6.07, 6.45) is 5.05. The van der Waals surface area contributed by atoms with Crippen LogP contribution in [-0.4, -0.2) is 52.4 Å². The van der Waals surface area contributed by atoms with E-state index in [9.17, 15) is 14.7 Å². The number of carboxylic acids is 1. The normalized spacial score (nSPS) is 18.9. The minimum atomic E-state index is -1.15. The third-order valence-corrected chi connectivity index (χ3v) is 6.67. The van der Waals surface area contributed by atoms with Crippen molar-refractivity contribution in [2.75, 3.05) is 24.5 Å². The zero-order chi connectivity index (χ0) is 23.7. The second-order valence-electron chi connectivity index (χ2n) is 9.80. The third-order valence-electron chi connectivity index (χ3n) is 6.67. The van der Waals surface area contributed by atoms with E-state index in [-0.39, 0.29) is 11.4 Å². The number of hydrogen-bond donors (Lipinski definition) is 1. The van der Waals surface area contributed by atoms with Crippen molar-refractivity contribution in [1.82, 2.24) is 9.88 Å². The highest BCUT2D eigenvalue weighted by atomic mass is 16.4. The molecule has 1 saturated heterocycles. The van der Waals surface area contributed by atoms with Gasteiger partial charge in [-0.2, -0.15) is 0 Å². The Morgan fingerprint density at radius 1 is 1.21 bits per heavy atom. The van der Waals surface area contributed by atoms with Crippen LogP contribution < -0.4 is 4.90 Å². The summed E-state index contributed by atoms with van der Waals surface area (Å²) in [5.74, 6) is 0.0922. The van der Waals surface area contributed by atoms with Gasteiger partial charge in [-0.25, -0.2) is 9.78 Å². The molecule has 2 aliphatic rings. The molecule has 1 aliphatic carbocycles. The van der Waals surface area contributed by atoms with E-state index in [1.807, 2.05) is 19.2 Å². The summed E-state index contributed by atoms with van der Waals surface area (Å²) in [7, 11) is 0. The Hall–Kier alpha value is -2.99. The standard InChI is InChI=1S/C27H33N3O3/c1-17(2)11-21-16-29(9-10-30(21)25-8-5-18(3)14-28-25)15-20-12-19(4)22-6-7-23(27(32)33)26(31)24(22)13-20/h5,7-8,12-14,17,21H,6,9-11,15-16H2,1-4H3,(H,32,33)/t21-/m1/s1. The first kappa shape index (κ1) is 23.2. The van der Waals surface area contributed by atoms with Crippen LogP contribution in [-0.2, 0) is 17.8 Å². The van der Waals surface area contributed by atoms with Crippen molar-refractivity contribution in [2.45, 2.75) is 53.1 Å². The van der Waals surface area contributed by atoms with E-state index < -0.39 is 5.97 Å². The van der Waals surface area contributed by atoms with Gasteiger partial charge in [-0.3, -0.25) is 9.69 Å². The maximum Gasteiger partial charge on any atom is 0.339 e. The molecule has 1 aromatic carbocycles. The van der Waals surface area contributed by atoms with Gasteiger partial charge in [-0.05, 0) is 67.0 Å². The fourth-order valence-corrected chi connectivity index (χ4v) is 5.08. The largest absolute Gasteiger partial charge is 0.478 e. The van der Waals surface area contributed by atoms with Crippen LogP contribution >= 0.6 is 0 Å². The van der Waals surface area contributed by atoms with Crippen molar-refractivity contribution < 1.29 is 14.7 Å². The quantitative estimate of drug-likeness (QED) is 0.670. The van der Waals surface area contributed by atoms with Gasteiger partial charge in [0.2, 0.25) is 0 Å². The van der Waals surface area contributed by atoms with Crippen LogP contribution in [0.15, 0.2) is 42.1 Å². The lowest BCUT2D eigenvalue weighted by Crippen LogP contribution is -2.53. The van der Waals surface area contributed by atoms with Crippen molar-refractivity contribution in [3.8, 4) is 0 Å². The lowest BCUT2D eigenvalue weighted by atomic mass is 9.86. The smallest absolute Gasteiger partial charge is 0.339 e. The zero-order valence-electron chi connectivity index (χ0n) is 20.0. The van der Waals surface area contributed by atoms with Crippen LogP contribution in [0.3, 0.4) is 0 Å². The number of aliphatic carboxylic acids is 1. The molecule has 2 heterocycles. The first-order chi connectivity index (χ1) is 15.7. The number of Topliss-reactive ketones (excluding diaryl/α,β-unsaturated/α-hetero) is 1. The van der Waals surface area contributed by atoms with E-state index >= 15 is 0 Å². The van der Waals surface area contributed by atoms with Crippen LogP contribution in [0.25, 0.3) is 0 Å². The van der Waals surface area contributed by atoms with Gasteiger partial charge in [0.1, 0.15) is 11.4 Å². The molecule has 1 aliphatic heterocycles. The Labute approximate surface area is 195 Å². The minimum absolute atomic E-state index is 0.116. The molecule has 33 heavy (non-hydrogen) atoms. The second-order valence-corrected chi connectivity index (χ2v) is 9.80. The van der Waals surface area contributed by atoms with E-state index in [0.717, 1.165) is 60.7 Å². The number of benzene rings is 1. The lowest BCUT2D eigenvalue weighted by molar-refractivity contribution is -0.132. The lowest BCUT2D eigenvalue weighted by Gasteiger charge is -2.43. The predicted octanol–water partition coefficient (Wildman–Crippen LogP) is 4.19. The van der Waals surface area contributed by atoms with Crippen LogP contribution in [0, 0.1) is 19.8 Å². The van der Waals surface area contributed by atoms with Crippen LogP contribution in [0.4, 0.5) is 5.82 Å². The number of fused-ring (bicyclic) bond motifs is 1. The summed E-state index contributed by atoms with van der Waals surface area (Å²) in [5, 5.41) is 9.36. The van der Waals surface area contributed by atoms with Crippen molar-refractivity contribution in [3.05, 3.63) is 69.9 Å². The Morgan fingerprint density at radius 3 is 2.67 bits per heavy atom. The summed E-state index contributed by atoms with van der Waals surface area (Å²) < 4.78 is 0. The highest BCUT2D eigenvalue weighted by molar-refractivity contribution is 6.25. The Morgan fingerprint density at radius 2 is 2.00 bits per heavy atom. The molecule has 4 rings (SSSR count). The van der Waals surface area contributed by atoms with Crippen LogP contribution in [0.2, 0.25) is 0 Å². The number of allylic oxidation sites excluding steroid dienone is 1. The molecule has 6 nitrogen and oxygen atoms in total. The number of carbonyl (C=O) groups is 2. The van der Waals surface area contributed by atoms with Gasteiger partial charge < -0.3 is 10.0 Å². The van der Waals surface area contributed by atoms with Gasteiger partial charge in [0.25, 0.3) is 0 Å². The molecular weight excluding hydrogens is 414 g/mol. The average Bonchev–Trinajstić information content (AvgIpc) is 2.75. The summed E-state index contributed by atoms with van der Waals surface area (Å²) in [6.45, 7) is 12.1. The van der Waals surface area contributed by atoms with Crippen molar-refractivity contribution >= 4 is 17.6 Å². The predicted molar refractivity (Wildman–Crippen MR) is 130 cm³/mol. The number of carboxylic acid groups (broad SMARTS) is 1. The minimum Gasteiger partial charge on any atom is -0.478 e. The van der Waals surface area contributed by atoms with Gasteiger partial charge in [0, 0.05) is 44.0 Å². The van der Waals surface area contributed by atoms with E-state index in [1.165, 1.54) is 6.08 Å². The molecule has 0 amide bonds. The van der Waals surface area contributed by atoms with Crippen molar-refractivity contribution in [3.63, 3.8) is 0 Å². The number of hydrogen-bond acceptors (Lipinski definition) is 5. The summed E-state index contributed by atoms with van der Waals surface area (Å²) in [6, 6.07) is 8.66. The number of pyridine rings is 1. The number of piperazine rings is 1. The Kier molecular flexibility index (Phi) is 6.66. The molecule has 174 valence electrons. The van der Waals surface area contributed by atoms with Crippen LogP contribution in [0.1, 0.15) is 52.9 Å². The number of rotatable bonds is 6. The SMILES string of the molecule is Cc1ccc(N2CCN(Cc3cc(C)c4c(c3)C(=O)C(C(=O)O)=CC4)C[C@H]2CC(C)C)nc1. The maximum atomic E-state index is 12.8. The molecule has 0 unspecified atom stereocenters. The van der Waals surface area contributed by atoms with E-state index in [4.69, 9.17) is 0 Å². The maximum absolute atomic E-state index is 12.8. The van der Waals surface area contributed by atoms with E-state index in [0.29, 0.717) is 23.9 Å². The fourth-order valence-electron chi connectivity index (χ4n) is 5.08. The summed E-state index contributed by atoms with van der Waals surface area (Å²) in [5.41, 5.74) is 4.66.